The molecular formula is C13H19NO3S. The summed E-state index contributed by atoms with van der Waals surface area (Å²) in [5, 5.41) is 0. The lowest BCUT2D eigenvalue weighted by Crippen LogP contribution is -2.51. The Balaban J connectivity index is 2.70. The molecule has 0 radical (unpaired) electrons. The highest BCUT2D eigenvalue weighted by atomic mass is 32.2. The zero-order valence-corrected chi connectivity index (χ0v) is 12.0. The number of benzene rings is 1. The van der Waals surface area contributed by atoms with E-state index in [1.807, 2.05) is 32.9 Å². The molecule has 0 saturated carbocycles. The smallest absolute Gasteiger partial charge is 0.243 e. The summed E-state index contributed by atoms with van der Waals surface area (Å²) in [6, 6.07) is 6.98. The first-order valence-electron chi connectivity index (χ1n) is 5.99. The van der Waals surface area contributed by atoms with Crippen molar-refractivity contribution in [3.8, 4) is 0 Å². The normalized spacial score (nSPS) is 27.2. The van der Waals surface area contributed by atoms with Gasteiger partial charge in [-0.15, -0.1) is 0 Å². The SMILES string of the molecule is COC1(C)CN(C(C)C)S(=O)(=O)c2ccccc21. The van der Waals surface area contributed by atoms with Crippen molar-refractivity contribution in [1.29, 1.82) is 0 Å². The van der Waals surface area contributed by atoms with Crippen molar-refractivity contribution in [2.45, 2.75) is 37.3 Å². The van der Waals surface area contributed by atoms with Gasteiger partial charge < -0.3 is 4.74 Å². The van der Waals surface area contributed by atoms with Gasteiger partial charge in [-0.1, -0.05) is 18.2 Å². The summed E-state index contributed by atoms with van der Waals surface area (Å²) in [5.41, 5.74) is 0.149. The highest BCUT2D eigenvalue weighted by molar-refractivity contribution is 7.89. The predicted octanol–water partition coefficient (Wildman–Crippen LogP) is 1.96. The molecule has 0 fully saturated rings. The van der Waals surface area contributed by atoms with Gasteiger partial charge in [0, 0.05) is 25.3 Å². The number of hydrogen-bond donors (Lipinski definition) is 0. The van der Waals surface area contributed by atoms with Crippen molar-refractivity contribution >= 4 is 10.0 Å². The lowest BCUT2D eigenvalue weighted by molar-refractivity contribution is -0.0221. The molecule has 0 spiro atoms. The molecule has 0 aliphatic carbocycles. The molecule has 0 aromatic heterocycles. The van der Waals surface area contributed by atoms with Crippen LogP contribution in [0.25, 0.3) is 0 Å². The van der Waals surface area contributed by atoms with Gasteiger partial charge in [0.1, 0.15) is 5.60 Å². The Morgan fingerprint density at radius 1 is 1.33 bits per heavy atom. The van der Waals surface area contributed by atoms with Crippen LogP contribution < -0.4 is 0 Å². The monoisotopic (exact) mass is 269 g/mol. The Labute approximate surface area is 109 Å². The third kappa shape index (κ3) is 1.86. The number of sulfonamides is 1. The molecule has 1 heterocycles. The molecule has 0 bridgehead atoms. The average molecular weight is 269 g/mol. The Bertz CT molecular complexity index is 553. The molecule has 1 aliphatic heterocycles. The molecule has 1 aromatic rings. The van der Waals surface area contributed by atoms with Gasteiger partial charge in [0.2, 0.25) is 10.0 Å². The zero-order chi connectivity index (χ0) is 13.6. The van der Waals surface area contributed by atoms with Crippen LogP contribution in [0.1, 0.15) is 26.3 Å². The molecular weight excluding hydrogens is 250 g/mol. The van der Waals surface area contributed by atoms with E-state index in [2.05, 4.69) is 0 Å². The number of nitrogens with zero attached hydrogens (tertiary/aromatic N) is 1. The summed E-state index contributed by atoms with van der Waals surface area (Å²) in [7, 11) is -1.79. The summed E-state index contributed by atoms with van der Waals surface area (Å²) in [6.45, 7) is 6.03. The maximum absolute atomic E-state index is 12.5. The molecule has 18 heavy (non-hydrogen) atoms. The largest absolute Gasteiger partial charge is 0.372 e. The molecule has 0 saturated heterocycles. The van der Waals surface area contributed by atoms with E-state index in [0.717, 1.165) is 5.56 Å². The topological polar surface area (TPSA) is 46.6 Å². The van der Waals surface area contributed by atoms with E-state index in [1.54, 1.807) is 19.2 Å². The van der Waals surface area contributed by atoms with Crippen LogP contribution >= 0.6 is 0 Å². The van der Waals surface area contributed by atoms with Gasteiger partial charge in [-0.3, -0.25) is 0 Å². The first-order valence-corrected chi connectivity index (χ1v) is 7.43. The van der Waals surface area contributed by atoms with Crippen molar-refractivity contribution < 1.29 is 13.2 Å². The first kappa shape index (κ1) is 13.5. The van der Waals surface area contributed by atoms with Gasteiger partial charge in [0.15, 0.2) is 0 Å². The minimum Gasteiger partial charge on any atom is -0.372 e. The Kier molecular flexibility index (Phi) is 3.25. The second-order valence-electron chi connectivity index (χ2n) is 5.08. The standard InChI is InChI=1S/C13H19NO3S/c1-10(2)14-9-13(3,17-4)11-7-5-6-8-12(11)18(14,15)16/h5-8,10H,9H2,1-4H3. The van der Waals surface area contributed by atoms with E-state index in [0.29, 0.717) is 11.4 Å². The molecule has 0 amide bonds. The summed E-state index contributed by atoms with van der Waals surface area (Å²) in [5.74, 6) is 0. The second kappa shape index (κ2) is 4.33. The van der Waals surface area contributed by atoms with Crippen molar-refractivity contribution in [1.82, 2.24) is 4.31 Å². The fourth-order valence-corrected chi connectivity index (χ4v) is 4.39. The summed E-state index contributed by atoms with van der Waals surface area (Å²) >= 11 is 0. The van der Waals surface area contributed by atoms with Crippen LogP contribution in [0.15, 0.2) is 29.2 Å². The van der Waals surface area contributed by atoms with Gasteiger partial charge in [0.25, 0.3) is 0 Å². The van der Waals surface area contributed by atoms with Crippen LogP contribution in [0.4, 0.5) is 0 Å². The Morgan fingerprint density at radius 3 is 2.50 bits per heavy atom. The predicted molar refractivity (Wildman–Crippen MR) is 69.8 cm³/mol. The van der Waals surface area contributed by atoms with Crippen molar-refractivity contribution in [3.05, 3.63) is 29.8 Å². The Hall–Kier alpha value is -0.910. The summed E-state index contributed by atoms with van der Waals surface area (Å²) < 4.78 is 32.1. The van der Waals surface area contributed by atoms with E-state index in [9.17, 15) is 8.42 Å². The zero-order valence-electron chi connectivity index (χ0n) is 11.2. The maximum Gasteiger partial charge on any atom is 0.243 e. The van der Waals surface area contributed by atoms with Crippen LogP contribution in [-0.2, 0) is 20.4 Å². The number of ether oxygens (including phenoxy) is 1. The number of methoxy groups -OCH3 is 1. The van der Waals surface area contributed by atoms with Gasteiger partial charge in [-0.05, 0) is 26.8 Å². The van der Waals surface area contributed by atoms with Crippen LogP contribution in [0.5, 0.6) is 0 Å². The molecule has 100 valence electrons. The van der Waals surface area contributed by atoms with Crippen molar-refractivity contribution in [3.63, 3.8) is 0 Å². The van der Waals surface area contributed by atoms with Crippen LogP contribution in [0, 0.1) is 0 Å². The summed E-state index contributed by atoms with van der Waals surface area (Å²) in [4.78, 5) is 0.356. The highest BCUT2D eigenvalue weighted by Crippen LogP contribution is 2.38. The lowest BCUT2D eigenvalue weighted by atomic mass is 9.95. The van der Waals surface area contributed by atoms with Crippen LogP contribution in [0.2, 0.25) is 0 Å². The first-order chi connectivity index (χ1) is 8.33. The average Bonchev–Trinajstić information content (AvgIpc) is 2.34. The van der Waals surface area contributed by atoms with Gasteiger partial charge >= 0.3 is 0 Å². The quantitative estimate of drug-likeness (QED) is 0.824. The van der Waals surface area contributed by atoms with Gasteiger partial charge in [-0.25, -0.2) is 8.42 Å². The second-order valence-corrected chi connectivity index (χ2v) is 6.93. The minimum atomic E-state index is -3.41. The van der Waals surface area contributed by atoms with Crippen molar-refractivity contribution in [2.24, 2.45) is 0 Å². The molecule has 0 N–H and O–H groups in total. The number of rotatable bonds is 2. The van der Waals surface area contributed by atoms with Crippen molar-refractivity contribution in [2.75, 3.05) is 13.7 Å². The molecule has 5 heteroatoms. The molecule has 1 atom stereocenters. The summed E-state index contributed by atoms with van der Waals surface area (Å²) in [6.07, 6.45) is 0. The van der Waals surface area contributed by atoms with E-state index in [-0.39, 0.29) is 6.04 Å². The van der Waals surface area contributed by atoms with Gasteiger partial charge in [0.05, 0.1) is 4.90 Å². The molecule has 1 aromatic carbocycles. The fraction of sp³-hybridized carbons (Fsp3) is 0.538. The van der Waals surface area contributed by atoms with Gasteiger partial charge in [-0.2, -0.15) is 4.31 Å². The van der Waals surface area contributed by atoms with E-state index < -0.39 is 15.6 Å². The molecule has 1 aliphatic rings. The van der Waals surface area contributed by atoms with Crippen LogP contribution in [0.3, 0.4) is 0 Å². The minimum absolute atomic E-state index is 0.0853. The third-order valence-corrected chi connectivity index (χ3v) is 5.61. The molecule has 4 nitrogen and oxygen atoms in total. The Morgan fingerprint density at radius 2 is 1.94 bits per heavy atom. The van der Waals surface area contributed by atoms with E-state index >= 15 is 0 Å². The van der Waals surface area contributed by atoms with E-state index in [4.69, 9.17) is 4.74 Å². The molecule has 2 rings (SSSR count). The third-order valence-electron chi connectivity index (χ3n) is 3.53. The molecule has 1 unspecified atom stereocenters. The number of hydrogen-bond acceptors (Lipinski definition) is 3. The van der Waals surface area contributed by atoms with E-state index in [1.165, 1.54) is 4.31 Å². The fourth-order valence-electron chi connectivity index (χ4n) is 2.36. The maximum atomic E-state index is 12.5. The highest BCUT2D eigenvalue weighted by Gasteiger charge is 2.44. The lowest BCUT2D eigenvalue weighted by Gasteiger charge is -2.41. The van der Waals surface area contributed by atoms with Crippen LogP contribution in [-0.4, -0.2) is 32.4 Å². The number of fused-ring (bicyclic) bond motifs is 1.